The van der Waals surface area contributed by atoms with E-state index in [1.165, 1.54) is 15.0 Å². The molecule has 32 heavy (non-hydrogen) atoms. The summed E-state index contributed by atoms with van der Waals surface area (Å²) < 4.78 is 12.9. The molecule has 6 heteroatoms. The average molecular weight is 470 g/mol. The Balaban J connectivity index is 1.17. The first-order valence-corrected chi connectivity index (χ1v) is 12.4. The molecule has 0 saturated carbocycles. The first-order chi connectivity index (χ1) is 15.5. The number of fused-ring (bicyclic) bond motifs is 2. The van der Waals surface area contributed by atoms with Crippen molar-refractivity contribution < 1.29 is 14.3 Å². The zero-order valence-electron chi connectivity index (χ0n) is 18.4. The second kappa shape index (κ2) is 9.06. The van der Waals surface area contributed by atoms with Crippen molar-refractivity contribution in [3.63, 3.8) is 0 Å². The highest BCUT2D eigenvalue weighted by molar-refractivity contribution is 7.19. The molecule has 0 bridgehead atoms. The minimum absolute atomic E-state index is 0.271. The maximum atomic E-state index is 10.7. The van der Waals surface area contributed by atoms with E-state index in [0.717, 1.165) is 46.9 Å². The molecule has 168 valence electrons. The molecule has 3 heterocycles. The highest BCUT2D eigenvalue weighted by Crippen LogP contribution is 2.39. The van der Waals surface area contributed by atoms with Gasteiger partial charge in [-0.05, 0) is 87.0 Å². The van der Waals surface area contributed by atoms with E-state index < -0.39 is 6.10 Å². The monoisotopic (exact) mass is 469 g/mol. The number of piperidine rings is 1. The number of hydrogen-bond acceptors (Lipinski definition) is 5. The van der Waals surface area contributed by atoms with Gasteiger partial charge in [-0.3, -0.25) is 4.90 Å². The summed E-state index contributed by atoms with van der Waals surface area (Å²) in [6.07, 6.45) is 1.66. The van der Waals surface area contributed by atoms with Crippen LogP contribution in [-0.4, -0.2) is 41.8 Å². The molecule has 1 aliphatic heterocycles. The zero-order valence-corrected chi connectivity index (χ0v) is 20.0. The van der Waals surface area contributed by atoms with E-state index in [0.29, 0.717) is 18.5 Å². The van der Waals surface area contributed by atoms with Crippen LogP contribution in [0.25, 0.3) is 21.1 Å². The summed E-state index contributed by atoms with van der Waals surface area (Å²) in [5, 5.41) is 13.6. The molecule has 5 rings (SSSR count). The molecule has 1 N–H and O–H groups in total. The van der Waals surface area contributed by atoms with Crippen LogP contribution in [0.5, 0.6) is 5.75 Å². The Hall–Kier alpha value is -2.05. The van der Waals surface area contributed by atoms with Crippen LogP contribution in [-0.2, 0) is 0 Å². The van der Waals surface area contributed by atoms with Crippen LogP contribution in [0.2, 0.25) is 5.02 Å². The molecule has 0 aliphatic carbocycles. The van der Waals surface area contributed by atoms with Crippen LogP contribution in [0.4, 0.5) is 0 Å². The third kappa shape index (κ3) is 4.53. The third-order valence-corrected chi connectivity index (χ3v) is 7.95. The lowest BCUT2D eigenvalue weighted by atomic mass is 9.90. The molecular formula is C26H28ClNO3S. The highest BCUT2D eigenvalue weighted by atomic mass is 35.5. The van der Waals surface area contributed by atoms with E-state index >= 15 is 0 Å². The fourth-order valence-corrected chi connectivity index (χ4v) is 6.16. The number of likely N-dealkylation sites (tertiary alicyclic amines) is 1. The minimum Gasteiger partial charge on any atom is -0.490 e. The van der Waals surface area contributed by atoms with Crippen LogP contribution in [0.15, 0.2) is 52.9 Å². The van der Waals surface area contributed by atoms with E-state index in [1.807, 2.05) is 48.6 Å². The van der Waals surface area contributed by atoms with Crippen molar-refractivity contribution in [1.29, 1.82) is 0 Å². The van der Waals surface area contributed by atoms with Crippen molar-refractivity contribution in [3.8, 4) is 5.75 Å². The summed E-state index contributed by atoms with van der Waals surface area (Å²) >= 11 is 8.04. The Kier molecular flexibility index (Phi) is 6.17. The van der Waals surface area contributed by atoms with Gasteiger partial charge in [-0.2, -0.15) is 0 Å². The predicted octanol–water partition coefficient (Wildman–Crippen LogP) is 6.62. The normalized spacial score (nSPS) is 20.8. The molecule has 4 aromatic rings. The first kappa shape index (κ1) is 21.8. The van der Waals surface area contributed by atoms with Crippen molar-refractivity contribution >= 4 is 44.0 Å². The minimum atomic E-state index is -0.538. The van der Waals surface area contributed by atoms with Gasteiger partial charge in [0.2, 0.25) is 0 Å². The lowest BCUT2D eigenvalue weighted by molar-refractivity contribution is 0.0408. The number of aliphatic hydroxyl groups excluding tert-OH is 1. The number of aliphatic hydroxyl groups is 1. The Morgan fingerprint density at radius 3 is 2.97 bits per heavy atom. The predicted molar refractivity (Wildman–Crippen MR) is 132 cm³/mol. The van der Waals surface area contributed by atoms with E-state index in [1.54, 1.807) is 0 Å². The summed E-state index contributed by atoms with van der Waals surface area (Å²) in [5.74, 6) is 2.18. The summed E-state index contributed by atoms with van der Waals surface area (Å²) in [5.41, 5.74) is 0.814. The van der Waals surface area contributed by atoms with Crippen molar-refractivity contribution in [2.75, 3.05) is 19.7 Å². The van der Waals surface area contributed by atoms with Gasteiger partial charge in [0.15, 0.2) is 0 Å². The number of benzene rings is 2. The average Bonchev–Trinajstić information content (AvgIpc) is 3.36. The van der Waals surface area contributed by atoms with Gasteiger partial charge in [0.1, 0.15) is 29.8 Å². The molecule has 0 amide bonds. The SMILES string of the molecule is Cc1cc2c(OC[C@@H](O)CN3CC[C@H](c4cc5cc(Cl)ccc5s4)C[C@@H]3C)cccc2o1. The van der Waals surface area contributed by atoms with E-state index in [2.05, 4.69) is 30.0 Å². The second-order valence-corrected chi connectivity index (χ2v) is 10.4. The van der Waals surface area contributed by atoms with Gasteiger partial charge in [0.05, 0.1) is 5.39 Å². The molecule has 4 nitrogen and oxygen atoms in total. The summed E-state index contributed by atoms with van der Waals surface area (Å²) in [4.78, 5) is 3.83. The number of thiophene rings is 1. The quantitative estimate of drug-likeness (QED) is 0.345. The van der Waals surface area contributed by atoms with Crippen molar-refractivity contribution in [2.24, 2.45) is 0 Å². The number of β-amino-alcohol motifs (C(OH)–C–C–N with tert-alkyl or cyclic N) is 1. The number of rotatable bonds is 6. The smallest absolute Gasteiger partial charge is 0.137 e. The maximum absolute atomic E-state index is 10.7. The standard InChI is InChI=1S/C26H28ClNO3S/c1-16-10-18(26-13-19-12-20(27)6-7-25(19)32-26)8-9-28(16)14-21(29)15-30-23-4-3-5-24-22(23)11-17(2)31-24/h3-7,11-13,16,18,21,29H,8-10,14-15H2,1-2H3/t16-,18-,21-/m0/s1. The highest BCUT2D eigenvalue weighted by Gasteiger charge is 2.29. The largest absolute Gasteiger partial charge is 0.490 e. The number of furan rings is 1. The molecule has 2 aromatic heterocycles. The fourth-order valence-electron chi connectivity index (χ4n) is 4.78. The van der Waals surface area contributed by atoms with Gasteiger partial charge in [-0.1, -0.05) is 17.7 Å². The molecule has 0 spiro atoms. The van der Waals surface area contributed by atoms with E-state index in [-0.39, 0.29) is 6.61 Å². The van der Waals surface area contributed by atoms with Crippen molar-refractivity contribution in [3.05, 3.63) is 64.2 Å². The molecule has 3 atom stereocenters. The van der Waals surface area contributed by atoms with Crippen molar-refractivity contribution in [1.82, 2.24) is 4.90 Å². The van der Waals surface area contributed by atoms with Crippen LogP contribution in [0.1, 0.15) is 36.3 Å². The summed E-state index contributed by atoms with van der Waals surface area (Å²) in [7, 11) is 0. The number of nitrogens with zero attached hydrogens (tertiary/aromatic N) is 1. The van der Waals surface area contributed by atoms with Gasteiger partial charge in [0.25, 0.3) is 0 Å². The molecule has 2 aromatic carbocycles. The Bertz CT molecular complexity index is 1230. The molecule has 1 saturated heterocycles. The van der Waals surface area contributed by atoms with Gasteiger partial charge in [0, 0.05) is 27.2 Å². The second-order valence-electron chi connectivity index (χ2n) is 8.89. The topological polar surface area (TPSA) is 45.8 Å². The van der Waals surface area contributed by atoms with Crippen LogP contribution >= 0.6 is 22.9 Å². The van der Waals surface area contributed by atoms with Gasteiger partial charge in [-0.15, -0.1) is 11.3 Å². The Morgan fingerprint density at radius 1 is 1.25 bits per heavy atom. The van der Waals surface area contributed by atoms with Gasteiger partial charge >= 0.3 is 0 Å². The van der Waals surface area contributed by atoms with Gasteiger partial charge < -0.3 is 14.3 Å². The van der Waals surface area contributed by atoms with E-state index in [9.17, 15) is 5.11 Å². The summed E-state index contributed by atoms with van der Waals surface area (Å²) in [6, 6.07) is 16.6. The van der Waals surface area contributed by atoms with Crippen LogP contribution < -0.4 is 4.74 Å². The summed E-state index contributed by atoms with van der Waals surface area (Å²) in [6.45, 7) is 6.06. The number of ether oxygens (including phenoxy) is 1. The molecule has 0 unspecified atom stereocenters. The molecule has 1 fully saturated rings. The van der Waals surface area contributed by atoms with Crippen LogP contribution in [0.3, 0.4) is 0 Å². The Morgan fingerprint density at radius 2 is 2.12 bits per heavy atom. The third-order valence-electron chi connectivity index (χ3n) is 6.43. The zero-order chi connectivity index (χ0) is 22.2. The number of hydrogen-bond donors (Lipinski definition) is 1. The lowest BCUT2D eigenvalue weighted by Gasteiger charge is -2.38. The van der Waals surface area contributed by atoms with E-state index in [4.69, 9.17) is 20.8 Å². The molecule has 1 aliphatic rings. The lowest BCUT2D eigenvalue weighted by Crippen LogP contribution is -2.45. The Labute approximate surface area is 197 Å². The number of halogens is 1. The molecular weight excluding hydrogens is 442 g/mol. The maximum Gasteiger partial charge on any atom is 0.137 e. The number of aryl methyl sites for hydroxylation is 1. The molecule has 0 radical (unpaired) electrons. The fraction of sp³-hybridized carbons (Fsp3) is 0.385. The van der Waals surface area contributed by atoms with Crippen molar-refractivity contribution in [2.45, 2.75) is 44.8 Å². The van der Waals surface area contributed by atoms with Crippen LogP contribution in [0, 0.1) is 6.92 Å². The van der Waals surface area contributed by atoms with Gasteiger partial charge in [-0.25, -0.2) is 0 Å². The first-order valence-electron chi connectivity index (χ1n) is 11.2.